The Morgan fingerprint density at radius 2 is 1.82 bits per heavy atom. The molecule has 0 aromatic heterocycles. The quantitative estimate of drug-likeness (QED) is 0.669. The monoisotopic (exact) mass is 318 g/mol. The van der Waals surface area contributed by atoms with E-state index in [2.05, 4.69) is 12.2 Å². The fraction of sp³-hybridized carbons (Fsp3) is 0.188. The summed E-state index contributed by atoms with van der Waals surface area (Å²) in [6.07, 6.45) is 1.12. The molecule has 0 heterocycles. The molecule has 114 valence electrons. The van der Waals surface area contributed by atoms with Gasteiger partial charge in [-0.05, 0) is 23.6 Å². The smallest absolute Gasteiger partial charge is 0.271 e. The Labute approximate surface area is 133 Å². The SMILES string of the molecule is CCc1ccc(CC(=O)Nc2cc([N+](=O)[O-])ccc2Cl)cc1. The zero-order valence-electron chi connectivity index (χ0n) is 12.0. The van der Waals surface area contributed by atoms with E-state index in [1.54, 1.807) is 0 Å². The van der Waals surface area contributed by atoms with E-state index < -0.39 is 4.92 Å². The van der Waals surface area contributed by atoms with Crippen LogP contribution in [-0.2, 0) is 17.6 Å². The van der Waals surface area contributed by atoms with E-state index in [1.165, 1.54) is 23.8 Å². The molecule has 0 aliphatic heterocycles. The van der Waals surface area contributed by atoms with Crippen molar-refractivity contribution in [1.29, 1.82) is 0 Å². The number of hydrogen-bond acceptors (Lipinski definition) is 3. The van der Waals surface area contributed by atoms with Gasteiger partial charge in [-0.1, -0.05) is 42.8 Å². The van der Waals surface area contributed by atoms with E-state index in [9.17, 15) is 14.9 Å². The van der Waals surface area contributed by atoms with Crippen molar-refractivity contribution in [2.75, 3.05) is 5.32 Å². The first kappa shape index (κ1) is 16.0. The van der Waals surface area contributed by atoms with Gasteiger partial charge in [0.05, 0.1) is 22.1 Å². The average Bonchev–Trinajstić information content (AvgIpc) is 2.50. The van der Waals surface area contributed by atoms with Crippen LogP contribution in [0.15, 0.2) is 42.5 Å². The Kier molecular flexibility index (Phi) is 5.12. The predicted molar refractivity (Wildman–Crippen MR) is 86.3 cm³/mol. The number of nitrogens with zero attached hydrogens (tertiary/aromatic N) is 1. The second kappa shape index (κ2) is 7.04. The second-order valence-electron chi connectivity index (χ2n) is 4.82. The van der Waals surface area contributed by atoms with E-state index in [-0.39, 0.29) is 28.7 Å². The van der Waals surface area contributed by atoms with Crippen LogP contribution in [-0.4, -0.2) is 10.8 Å². The largest absolute Gasteiger partial charge is 0.324 e. The van der Waals surface area contributed by atoms with Crippen LogP contribution in [0.3, 0.4) is 0 Å². The van der Waals surface area contributed by atoms with Gasteiger partial charge in [0, 0.05) is 12.1 Å². The van der Waals surface area contributed by atoms with Crippen molar-refractivity contribution in [2.45, 2.75) is 19.8 Å². The van der Waals surface area contributed by atoms with E-state index in [0.717, 1.165) is 12.0 Å². The summed E-state index contributed by atoms with van der Waals surface area (Å²) in [5.74, 6) is -0.272. The van der Waals surface area contributed by atoms with Crippen molar-refractivity contribution >= 4 is 28.9 Å². The van der Waals surface area contributed by atoms with Gasteiger partial charge in [-0.2, -0.15) is 0 Å². The Hall–Kier alpha value is -2.40. The molecule has 0 fully saturated rings. The number of rotatable bonds is 5. The van der Waals surface area contributed by atoms with E-state index >= 15 is 0 Å². The van der Waals surface area contributed by atoms with Crippen molar-refractivity contribution in [3.8, 4) is 0 Å². The molecule has 2 rings (SSSR count). The lowest BCUT2D eigenvalue weighted by Crippen LogP contribution is -2.14. The molecule has 0 spiro atoms. The molecule has 22 heavy (non-hydrogen) atoms. The highest BCUT2D eigenvalue weighted by Gasteiger charge is 2.12. The van der Waals surface area contributed by atoms with Crippen molar-refractivity contribution in [1.82, 2.24) is 0 Å². The van der Waals surface area contributed by atoms with Crippen LogP contribution in [0.4, 0.5) is 11.4 Å². The van der Waals surface area contributed by atoms with Gasteiger partial charge in [0.2, 0.25) is 5.91 Å². The minimum Gasteiger partial charge on any atom is -0.324 e. The first-order chi connectivity index (χ1) is 10.5. The molecule has 0 aliphatic carbocycles. The number of benzene rings is 2. The Bertz CT molecular complexity index is 699. The summed E-state index contributed by atoms with van der Waals surface area (Å²) in [5.41, 5.74) is 2.19. The summed E-state index contributed by atoms with van der Waals surface area (Å²) in [7, 11) is 0. The molecule has 0 unspecified atom stereocenters. The fourth-order valence-electron chi connectivity index (χ4n) is 2.00. The highest BCUT2D eigenvalue weighted by atomic mass is 35.5. The van der Waals surface area contributed by atoms with Gasteiger partial charge < -0.3 is 5.32 Å². The van der Waals surface area contributed by atoms with Crippen molar-refractivity contribution in [2.24, 2.45) is 0 Å². The Balaban J connectivity index is 2.08. The lowest BCUT2D eigenvalue weighted by Gasteiger charge is -2.07. The number of hydrogen-bond donors (Lipinski definition) is 1. The number of anilines is 1. The Morgan fingerprint density at radius 1 is 1.18 bits per heavy atom. The molecule has 2 aromatic carbocycles. The third-order valence-electron chi connectivity index (χ3n) is 3.23. The lowest BCUT2D eigenvalue weighted by atomic mass is 10.1. The summed E-state index contributed by atoms with van der Waals surface area (Å²) in [5, 5.41) is 13.6. The number of nitrogens with one attached hydrogen (secondary N) is 1. The predicted octanol–water partition coefficient (Wildman–Crippen LogP) is 3.99. The number of aryl methyl sites for hydroxylation is 1. The van der Waals surface area contributed by atoms with Gasteiger partial charge in [-0.15, -0.1) is 0 Å². The minimum atomic E-state index is -0.532. The number of amides is 1. The maximum absolute atomic E-state index is 12.0. The number of carbonyl (C=O) groups is 1. The molecule has 0 atom stereocenters. The van der Waals surface area contributed by atoms with E-state index in [4.69, 9.17) is 11.6 Å². The molecule has 0 bridgehead atoms. The van der Waals surface area contributed by atoms with Crippen LogP contribution in [0.5, 0.6) is 0 Å². The average molecular weight is 319 g/mol. The summed E-state index contributed by atoms with van der Waals surface area (Å²) >= 11 is 5.95. The van der Waals surface area contributed by atoms with Gasteiger partial charge in [-0.3, -0.25) is 14.9 Å². The standard InChI is InChI=1S/C16H15ClN2O3/c1-2-11-3-5-12(6-4-11)9-16(20)18-15-10-13(19(21)22)7-8-14(15)17/h3-8,10H,2,9H2,1H3,(H,18,20). The van der Waals surface area contributed by atoms with Crippen LogP contribution in [0.1, 0.15) is 18.1 Å². The zero-order valence-corrected chi connectivity index (χ0v) is 12.8. The fourth-order valence-corrected chi connectivity index (χ4v) is 2.16. The molecule has 1 N–H and O–H groups in total. The topological polar surface area (TPSA) is 72.2 Å². The zero-order chi connectivity index (χ0) is 16.1. The first-order valence-corrected chi connectivity index (χ1v) is 7.19. The number of carbonyl (C=O) groups excluding carboxylic acids is 1. The molecule has 0 aliphatic rings. The summed E-state index contributed by atoms with van der Waals surface area (Å²) in [4.78, 5) is 22.2. The molecule has 1 amide bonds. The molecule has 0 saturated heterocycles. The van der Waals surface area contributed by atoms with Gasteiger partial charge in [-0.25, -0.2) is 0 Å². The molecular formula is C16H15ClN2O3. The van der Waals surface area contributed by atoms with Crippen molar-refractivity contribution in [3.63, 3.8) is 0 Å². The van der Waals surface area contributed by atoms with Crippen LogP contribution < -0.4 is 5.32 Å². The van der Waals surface area contributed by atoms with Crippen LogP contribution >= 0.6 is 11.6 Å². The number of nitro groups is 1. The normalized spacial score (nSPS) is 10.3. The molecule has 0 radical (unpaired) electrons. The molecule has 6 heteroatoms. The number of halogens is 1. The summed E-state index contributed by atoms with van der Waals surface area (Å²) in [6.45, 7) is 2.06. The van der Waals surface area contributed by atoms with Crippen LogP contribution in [0.25, 0.3) is 0 Å². The van der Waals surface area contributed by atoms with Gasteiger partial charge >= 0.3 is 0 Å². The molecular weight excluding hydrogens is 304 g/mol. The van der Waals surface area contributed by atoms with E-state index in [0.29, 0.717) is 0 Å². The highest BCUT2D eigenvalue weighted by molar-refractivity contribution is 6.33. The summed E-state index contributed by atoms with van der Waals surface area (Å²) in [6, 6.07) is 11.7. The number of non-ortho nitro benzene ring substituents is 1. The third kappa shape index (κ3) is 4.05. The van der Waals surface area contributed by atoms with E-state index in [1.807, 2.05) is 24.3 Å². The lowest BCUT2D eigenvalue weighted by molar-refractivity contribution is -0.384. The van der Waals surface area contributed by atoms with Crippen molar-refractivity contribution < 1.29 is 9.72 Å². The van der Waals surface area contributed by atoms with Gasteiger partial charge in [0.25, 0.3) is 5.69 Å². The maximum atomic E-state index is 12.0. The van der Waals surface area contributed by atoms with Crippen LogP contribution in [0.2, 0.25) is 5.02 Å². The van der Waals surface area contributed by atoms with Gasteiger partial charge in [0.15, 0.2) is 0 Å². The molecule has 2 aromatic rings. The summed E-state index contributed by atoms with van der Waals surface area (Å²) < 4.78 is 0. The van der Waals surface area contributed by atoms with Gasteiger partial charge in [0.1, 0.15) is 0 Å². The van der Waals surface area contributed by atoms with Crippen LogP contribution in [0, 0.1) is 10.1 Å². The maximum Gasteiger partial charge on any atom is 0.271 e. The second-order valence-corrected chi connectivity index (χ2v) is 5.22. The third-order valence-corrected chi connectivity index (χ3v) is 3.56. The molecule has 0 saturated carbocycles. The highest BCUT2D eigenvalue weighted by Crippen LogP contribution is 2.26. The van der Waals surface area contributed by atoms with Crippen molar-refractivity contribution in [3.05, 3.63) is 68.7 Å². The Morgan fingerprint density at radius 3 is 2.41 bits per heavy atom. The minimum absolute atomic E-state index is 0.119. The first-order valence-electron chi connectivity index (χ1n) is 6.81. The molecule has 5 nitrogen and oxygen atoms in total. The number of nitro benzene ring substituents is 1.